The van der Waals surface area contributed by atoms with Gasteiger partial charge in [-0.1, -0.05) is 42.1 Å². The number of fused-ring (bicyclic) bond motifs is 2. The second-order valence-electron chi connectivity index (χ2n) is 8.59. The summed E-state index contributed by atoms with van der Waals surface area (Å²) in [6, 6.07) is 15.4. The maximum absolute atomic E-state index is 13.0. The van der Waals surface area contributed by atoms with Crippen molar-refractivity contribution in [3.05, 3.63) is 77.1 Å². The molecule has 9 heteroatoms. The number of anilines is 1. The largest absolute Gasteiger partial charge is 0.324 e. The normalized spacial score (nSPS) is 20.2. The molecule has 3 aromatic rings. The van der Waals surface area contributed by atoms with Crippen molar-refractivity contribution >= 4 is 39.6 Å². The summed E-state index contributed by atoms with van der Waals surface area (Å²) < 4.78 is 0. The summed E-state index contributed by atoms with van der Waals surface area (Å²) in [6.45, 7) is 6.03. The molecule has 0 radical (unpaired) electrons. The van der Waals surface area contributed by atoms with Crippen molar-refractivity contribution in [3.63, 3.8) is 0 Å². The molecule has 1 aromatic heterocycles. The van der Waals surface area contributed by atoms with E-state index in [1.54, 1.807) is 11.8 Å². The van der Waals surface area contributed by atoms with Crippen molar-refractivity contribution < 1.29 is 4.79 Å². The van der Waals surface area contributed by atoms with Crippen molar-refractivity contribution in [2.75, 3.05) is 44.6 Å². The summed E-state index contributed by atoms with van der Waals surface area (Å²) >= 11 is 1.76. The van der Waals surface area contributed by atoms with Gasteiger partial charge in [-0.15, -0.1) is 0 Å². The second kappa shape index (κ2) is 9.17. The Hall–Kier alpha value is -3.27. The van der Waals surface area contributed by atoms with Gasteiger partial charge in [0, 0.05) is 55.1 Å². The van der Waals surface area contributed by atoms with Crippen LogP contribution in [-0.4, -0.2) is 70.1 Å². The van der Waals surface area contributed by atoms with E-state index < -0.39 is 0 Å². The molecule has 6 rings (SSSR count). The van der Waals surface area contributed by atoms with Gasteiger partial charge in [0.05, 0.1) is 29.8 Å². The van der Waals surface area contributed by atoms with Crippen molar-refractivity contribution in [1.82, 2.24) is 25.1 Å². The monoisotopic (exact) mass is 471 g/mol. The van der Waals surface area contributed by atoms with E-state index in [0.29, 0.717) is 11.2 Å². The zero-order valence-electron chi connectivity index (χ0n) is 18.6. The standard InChI is InChI=1S/C25H25N7OS/c33-24(22-13-27-20-7-3-4-8-21(20)28-22)29-19-6-2-1-5-18(19)23-16-32-15-17(34-25(32)30-23)14-31-11-9-26-10-12-31/h1-8,13,15,23,26H,9-12,14,16H2,(H,29,33). The second-order valence-corrected chi connectivity index (χ2v) is 9.68. The minimum absolute atomic E-state index is 0.0290. The van der Waals surface area contributed by atoms with E-state index in [4.69, 9.17) is 4.99 Å². The number of amidine groups is 1. The Morgan fingerprint density at radius 2 is 1.88 bits per heavy atom. The SMILES string of the molecule is O=C(Nc1ccccc1C1CN2C=C(CN3CCNCC3)SC2=N1)c1cnc2ccccc2n1. The lowest BCUT2D eigenvalue weighted by Gasteiger charge is -2.27. The lowest BCUT2D eigenvalue weighted by atomic mass is 10.1. The van der Waals surface area contributed by atoms with Crippen molar-refractivity contribution in [2.24, 2.45) is 4.99 Å². The summed E-state index contributed by atoms with van der Waals surface area (Å²) in [5.74, 6) is -0.274. The summed E-state index contributed by atoms with van der Waals surface area (Å²) in [7, 11) is 0. The first-order valence-electron chi connectivity index (χ1n) is 11.5. The fourth-order valence-electron chi connectivity index (χ4n) is 4.51. The van der Waals surface area contributed by atoms with Crippen LogP contribution in [0.4, 0.5) is 5.69 Å². The Balaban J connectivity index is 1.16. The number of hydrogen-bond donors (Lipinski definition) is 2. The zero-order chi connectivity index (χ0) is 22.9. The molecule has 4 heterocycles. The summed E-state index contributed by atoms with van der Waals surface area (Å²) in [6.07, 6.45) is 3.75. The van der Waals surface area contributed by atoms with Gasteiger partial charge in [0.15, 0.2) is 5.17 Å². The van der Waals surface area contributed by atoms with Gasteiger partial charge in [-0.05, 0) is 18.2 Å². The van der Waals surface area contributed by atoms with Gasteiger partial charge in [-0.3, -0.25) is 19.7 Å². The molecule has 34 heavy (non-hydrogen) atoms. The molecule has 8 nitrogen and oxygen atoms in total. The fraction of sp³-hybridized carbons (Fsp3) is 0.280. The first-order valence-corrected chi connectivity index (χ1v) is 12.3. The van der Waals surface area contributed by atoms with Gasteiger partial charge in [-0.25, -0.2) is 4.98 Å². The van der Waals surface area contributed by atoms with E-state index >= 15 is 0 Å². The minimum atomic E-state index is -0.274. The molecule has 2 N–H and O–H groups in total. The molecule has 0 saturated carbocycles. The highest BCUT2D eigenvalue weighted by atomic mass is 32.2. The predicted octanol–water partition coefficient (Wildman–Crippen LogP) is 3.09. The van der Waals surface area contributed by atoms with Crippen LogP contribution in [0.25, 0.3) is 11.0 Å². The van der Waals surface area contributed by atoms with Gasteiger partial charge < -0.3 is 15.5 Å². The Bertz CT molecular complexity index is 1300. The van der Waals surface area contributed by atoms with Crippen molar-refractivity contribution in [1.29, 1.82) is 0 Å². The van der Waals surface area contributed by atoms with Crippen LogP contribution in [0.15, 0.2) is 70.8 Å². The highest BCUT2D eigenvalue weighted by molar-refractivity contribution is 8.17. The lowest BCUT2D eigenvalue weighted by Crippen LogP contribution is -2.43. The smallest absolute Gasteiger partial charge is 0.275 e. The number of amides is 1. The highest BCUT2D eigenvalue weighted by Gasteiger charge is 2.32. The molecular weight excluding hydrogens is 446 g/mol. The van der Waals surface area contributed by atoms with Crippen LogP contribution in [0, 0.1) is 0 Å². The molecule has 1 amide bonds. The van der Waals surface area contributed by atoms with Crippen molar-refractivity contribution in [3.8, 4) is 0 Å². The molecule has 2 aromatic carbocycles. The molecule has 1 saturated heterocycles. The van der Waals surface area contributed by atoms with Crippen LogP contribution in [0.5, 0.6) is 0 Å². The third kappa shape index (κ3) is 4.29. The first kappa shape index (κ1) is 21.3. The first-order chi connectivity index (χ1) is 16.7. The predicted molar refractivity (Wildman–Crippen MR) is 136 cm³/mol. The summed E-state index contributed by atoms with van der Waals surface area (Å²) in [5, 5.41) is 7.47. The number of thioether (sulfide) groups is 1. The van der Waals surface area contributed by atoms with Crippen LogP contribution in [0.1, 0.15) is 22.1 Å². The molecule has 3 aliphatic rings. The summed E-state index contributed by atoms with van der Waals surface area (Å²) in [5.41, 5.74) is 3.52. The third-order valence-corrected chi connectivity index (χ3v) is 7.26. The Morgan fingerprint density at radius 1 is 1.09 bits per heavy atom. The number of rotatable bonds is 5. The van der Waals surface area contributed by atoms with Crippen molar-refractivity contribution in [2.45, 2.75) is 6.04 Å². The van der Waals surface area contributed by atoms with Crippen LogP contribution in [0.2, 0.25) is 0 Å². The molecule has 0 spiro atoms. The molecule has 172 valence electrons. The maximum atomic E-state index is 13.0. The fourth-order valence-corrected chi connectivity index (χ4v) is 5.59. The van der Waals surface area contributed by atoms with Gasteiger partial charge in [-0.2, -0.15) is 0 Å². The van der Waals surface area contributed by atoms with Crippen LogP contribution >= 0.6 is 11.8 Å². The van der Waals surface area contributed by atoms with Gasteiger partial charge >= 0.3 is 0 Å². The van der Waals surface area contributed by atoms with Crippen LogP contribution in [0.3, 0.4) is 0 Å². The molecule has 0 bridgehead atoms. The Kier molecular flexibility index (Phi) is 5.74. The minimum Gasteiger partial charge on any atom is -0.324 e. The van der Waals surface area contributed by atoms with E-state index in [1.807, 2.05) is 48.5 Å². The van der Waals surface area contributed by atoms with E-state index in [1.165, 1.54) is 11.1 Å². The molecular formula is C25H25N7OS. The lowest BCUT2D eigenvalue weighted by molar-refractivity contribution is 0.102. The number of benzene rings is 2. The summed E-state index contributed by atoms with van der Waals surface area (Å²) in [4.78, 5) is 32.9. The number of para-hydroxylation sites is 3. The maximum Gasteiger partial charge on any atom is 0.275 e. The number of aromatic nitrogens is 2. The van der Waals surface area contributed by atoms with Gasteiger partial charge in [0.2, 0.25) is 0 Å². The highest BCUT2D eigenvalue weighted by Crippen LogP contribution is 2.39. The topological polar surface area (TPSA) is 85.8 Å². The van der Waals surface area contributed by atoms with E-state index in [-0.39, 0.29) is 11.9 Å². The third-order valence-electron chi connectivity index (χ3n) is 6.24. The average Bonchev–Trinajstić information content (AvgIpc) is 3.43. The van der Waals surface area contributed by atoms with E-state index in [9.17, 15) is 4.79 Å². The van der Waals surface area contributed by atoms with Gasteiger partial charge in [0.25, 0.3) is 5.91 Å². The Morgan fingerprint density at radius 3 is 2.74 bits per heavy atom. The number of nitrogens with zero attached hydrogens (tertiary/aromatic N) is 5. The number of aliphatic imine (C=N–C) groups is 1. The van der Waals surface area contributed by atoms with Gasteiger partial charge in [0.1, 0.15) is 5.69 Å². The number of nitrogens with one attached hydrogen (secondary N) is 2. The molecule has 0 aliphatic carbocycles. The molecule has 1 fully saturated rings. The number of carbonyl (C=O) groups excluding carboxylic acids is 1. The molecule has 1 atom stereocenters. The van der Waals surface area contributed by atoms with Crippen LogP contribution in [-0.2, 0) is 0 Å². The Labute approximate surface area is 202 Å². The van der Waals surface area contributed by atoms with E-state index in [2.05, 4.69) is 36.6 Å². The number of piperazine rings is 1. The number of carbonyl (C=O) groups is 1. The zero-order valence-corrected chi connectivity index (χ0v) is 19.5. The average molecular weight is 472 g/mol. The van der Waals surface area contributed by atoms with E-state index in [0.717, 1.165) is 61.2 Å². The quantitative estimate of drug-likeness (QED) is 0.591. The number of hydrogen-bond acceptors (Lipinski definition) is 8. The van der Waals surface area contributed by atoms with Crippen LogP contribution < -0.4 is 10.6 Å². The molecule has 3 aliphatic heterocycles. The molecule has 1 unspecified atom stereocenters.